The molecule has 0 aliphatic rings. The Morgan fingerprint density at radius 1 is 0.794 bits per heavy atom. The summed E-state index contributed by atoms with van der Waals surface area (Å²) in [6, 6.07) is 16.8. The van der Waals surface area contributed by atoms with Crippen LogP contribution in [0.25, 0.3) is 22.3 Å². The molecule has 0 radical (unpaired) electrons. The summed E-state index contributed by atoms with van der Waals surface area (Å²) in [7, 11) is 5.97. The van der Waals surface area contributed by atoms with Gasteiger partial charge >= 0.3 is 0 Å². The lowest BCUT2D eigenvalue weighted by Crippen LogP contribution is -2.11. The standard InChI is InChI=1S/C26H23NO7/c1-30-18-11-7-16(8-12-18)26(29)27-17-9-5-15(6-10-17)20-13-19(28)23-21(34-20)14-22(31-2)24(32-3)25(23)33-4/h5-14H,1-4H3,(H,27,29). The molecular formula is C26H23NO7. The minimum absolute atomic E-state index is 0.244. The lowest BCUT2D eigenvalue weighted by atomic mass is 10.1. The number of ether oxygens (including phenoxy) is 4. The fourth-order valence-corrected chi connectivity index (χ4v) is 3.59. The first-order valence-corrected chi connectivity index (χ1v) is 10.3. The predicted molar refractivity (Wildman–Crippen MR) is 129 cm³/mol. The monoisotopic (exact) mass is 461 g/mol. The molecule has 8 nitrogen and oxygen atoms in total. The maximum atomic E-state index is 12.9. The van der Waals surface area contributed by atoms with Crippen molar-refractivity contribution in [2.45, 2.75) is 0 Å². The molecule has 0 atom stereocenters. The number of methoxy groups -OCH3 is 4. The fourth-order valence-electron chi connectivity index (χ4n) is 3.59. The number of hydrogen-bond acceptors (Lipinski definition) is 7. The lowest BCUT2D eigenvalue weighted by molar-refractivity contribution is 0.102. The van der Waals surface area contributed by atoms with Crippen LogP contribution in [-0.2, 0) is 0 Å². The van der Waals surface area contributed by atoms with Crippen molar-refractivity contribution in [2.24, 2.45) is 0 Å². The Morgan fingerprint density at radius 3 is 2.06 bits per heavy atom. The Bertz CT molecular complexity index is 1390. The van der Waals surface area contributed by atoms with E-state index in [1.54, 1.807) is 61.7 Å². The number of carbonyl (C=O) groups excluding carboxylic acids is 1. The first kappa shape index (κ1) is 22.7. The van der Waals surface area contributed by atoms with Crippen molar-refractivity contribution >= 4 is 22.6 Å². The van der Waals surface area contributed by atoms with Gasteiger partial charge in [0.05, 0.1) is 28.4 Å². The van der Waals surface area contributed by atoms with Gasteiger partial charge in [-0.2, -0.15) is 0 Å². The molecule has 3 aromatic carbocycles. The molecule has 1 heterocycles. The second-order valence-electron chi connectivity index (χ2n) is 7.25. The van der Waals surface area contributed by atoms with E-state index in [-0.39, 0.29) is 22.5 Å². The highest BCUT2D eigenvalue weighted by Crippen LogP contribution is 2.42. The predicted octanol–water partition coefficient (Wildman–Crippen LogP) is 4.75. The number of rotatable bonds is 7. The van der Waals surface area contributed by atoms with Gasteiger partial charge < -0.3 is 28.7 Å². The van der Waals surface area contributed by atoms with Crippen molar-refractivity contribution in [1.82, 2.24) is 0 Å². The molecule has 1 amide bonds. The topological polar surface area (TPSA) is 96.2 Å². The van der Waals surface area contributed by atoms with Crippen molar-refractivity contribution in [2.75, 3.05) is 33.8 Å². The minimum Gasteiger partial charge on any atom is -0.497 e. The molecule has 1 aromatic heterocycles. The van der Waals surface area contributed by atoms with Crippen molar-refractivity contribution in [3.05, 3.63) is 76.5 Å². The van der Waals surface area contributed by atoms with Crippen LogP contribution in [0.1, 0.15) is 10.4 Å². The lowest BCUT2D eigenvalue weighted by Gasteiger charge is -2.14. The number of amides is 1. The molecule has 174 valence electrons. The fraction of sp³-hybridized carbons (Fsp3) is 0.154. The average molecular weight is 461 g/mol. The molecule has 0 aliphatic carbocycles. The van der Waals surface area contributed by atoms with Gasteiger partial charge in [-0.05, 0) is 48.5 Å². The van der Waals surface area contributed by atoms with Crippen molar-refractivity contribution in [3.8, 4) is 34.3 Å². The molecule has 1 N–H and O–H groups in total. The van der Waals surface area contributed by atoms with Crippen molar-refractivity contribution in [1.29, 1.82) is 0 Å². The van der Waals surface area contributed by atoms with E-state index in [9.17, 15) is 9.59 Å². The molecule has 0 saturated heterocycles. The van der Waals surface area contributed by atoms with Crippen molar-refractivity contribution in [3.63, 3.8) is 0 Å². The second-order valence-corrected chi connectivity index (χ2v) is 7.25. The molecule has 0 aliphatic heterocycles. The molecule has 0 fully saturated rings. The van der Waals surface area contributed by atoms with Gasteiger partial charge in [-0.1, -0.05) is 0 Å². The van der Waals surface area contributed by atoms with Crippen LogP contribution in [-0.4, -0.2) is 34.3 Å². The average Bonchev–Trinajstić information content (AvgIpc) is 2.87. The Hall–Kier alpha value is -4.46. The summed E-state index contributed by atoms with van der Waals surface area (Å²) in [4.78, 5) is 25.4. The normalized spacial score (nSPS) is 10.6. The van der Waals surface area contributed by atoms with Gasteiger partial charge in [-0.3, -0.25) is 9.59 Å². The van der Waals surface area contributed by atoms with Crippen LogP contribution in [0, 0.1) is 0 Å². The molecule has 34 heavy (non-hydrogen) atoms. The van der Waals surface area contributed by atoms with E-state index < -0.39 is 0 Å². The van der Waals surface area contributed by atoms with Gasteiger partial charge in [0.1, 0.15) is 22.5 Å². The number of hydrogen-bond donors (Lipinski definition) is 1. The van der Waals surface area contributed by atoms with Gasteiger partial charge in [-0.15, -0.1) is 0 Å². The quantitative estimate of drug-likeness (QED) is 0.424. The zero-order valence-corrected chi connectivity index (χ0v) is 19.1. The first-order valence-electron chi connectivity index (χ1n) is 10.3. The van der Waals surface area contributed by atoms with E-state index in [0.29, 0.717) is 45.4 Å². The molecular weight excluding hydrogens is 438 g/mol. The summed E-state index contributed by atoms with van der Waals surface area (Å²) in [6.07, 6.45) is 0. The Kier molecular flexibility index (Phi) is 6.40. The van der Waals surface area contributed by atoms with Crippen LogP contribution in [0.5, 0.6) is 23.0 Å². The third kappa shape index (κ3) is 4.25. The molecule has 8 heteroatoms. The zero-order chi connectivity index (χ0) is 24.2. The summed E-state index contributed by atoms with van der Waals surface area (Å²) < 4.78 is 27.2. The van der Waals surface area contributed by atoms with E-state index in [1.165, 1.54) is 27.4 Å². The maximum absolute atomic E-state index is 12.9. The number of nitrogens with one attached hydrogen (secondary N) is 1. The molecule has 4 rings (SSSR count). The second kappa shape index (κ2) is 9.58. The SMILES string of the molecule is COc1ccc(C(=O)Nc2ccc(-c3cc(=O)c4c(OC)c(OC)c(OC)cc4o3)cc2)cc1. The van der Waals surface area contributed by atoms with E-state index in [2.05, 4.69) is 5.32 Å². The largest absolute Gasteiger partial charge is 0.497 e. The molecule has 0 bridgehead atoms. The molecule has 0 unspecified atom stereocenters. The number of benzene rings is 3. The van der Waals surface area contributed by atoms with Crippen LogP contribution < -0.4 is 29.7 Å². The van der Waals surface area contributed by atoms with E-state index >= 15 is 0 Å². The highest BCUT2D eigenvalue weighted by atomic mass is 16.5. The maximum Gasteiger partial charge on any atom is 0.255 e. The summed E-state index contributed by atoms with van der Waals surface area (Å²) >= 11 is 0. The van der Waals surface area contributed by atoms with Gasteiger partial charge in [0.25, 0.3) is 5.91 Å². The summed E-state index contributed by atoms with van der Waals surface area (Å²) in [5.74, 6) is 1.72. The van der Waals surface area contributed by atoms with E-state index in [4.69, 9.17) is 23.4 Å². The highest BCUT2D eigenvalue weighted by Gasteiger charge is 2.20. The third-order valence-corrected chi connectivity index (χ3v) is 5.30. The van der Waals surface area contributed by atoms with Gasteiger partial charge in [0.15, 0.2) is 16.9 Å². The van der Waals surface area contributed by atoms with E-state index in [1.807, 2.05) is 0 Å². The number of carbonyl (C=O) groups is 1. The first-order chi connectivity index (χ1) is 16.5. The Labute approximate surface area is 195 Å². The van der Waals surface area contributed by atoms with Crippen LogP contribution in [0.3, 0.4) is 0 Å². The summed E-state index contributed by atoms with van der Waals surface area (Å²) in [5.41, 5.74) is 1.78. The van der Waals surface area contributed by atoms with Gasteiger partial charge in [0, 0.05) is 28.9 Å². The van der Waals surface area contributed by atoms with Gasteiger partial charge in [-0.25, -0.2) is 0 Å². The Morgan fingerprint density at radius 2 is 1.47 bits per heavy atom. The summed E-state index contributed by atoms with van der Waals surface area (Å²) in [6.45, 7) is 0. The van der Waals surface area contributed by atoms with E-state index in [0.717, 1.165) is 0 Å². The molecule has 0 saturated carbocycles. The van der Waals surface area contributed by atoms with Crippen LogP contribution in [0.2, 0.25) is 0 Å². The van der Waals surface area contributed by atoms with Crippen molar-refractivity contribution < 1.29 is 28.2 Å². The molecule has 0 spiro atoms. The molecule has 4 aromatic rings. The third-order valence-electron chi connectivity index (χ3n) is 5.30. The van der Waals surface area contributed by atoms with Crippen LogP contribution >= 0.6 is 0 Å². The van der Waals surface area contributed by atoms with Crippen LogP contribution in [0.4, 0.5) is 5.69 Å². The highest BCUT2D eigenvalue weighted by molar-refractivity contribution is 6.04. The smallest absolute Gasteiger partial charge is 0.255 e. The van der Waals surface area contributed by atoms with Gasteiger partial charge in [0.2, 0.25) is 5.75 Å². The number of fused-ring (bicyclic) bond motifs is 1. The Balaban J connectivity index is 1.64. The van der Waals surface area contributed by atoms with Crippen LogP contribution in [0.15, 0.2) is 69.9 Å². The number of anilines is 1. The minimum atomic E-state index is -0.286. The zero-order valence-electron chi connectivity index (χ0n) is 19.1. The summed E-state index contributed by atoms with van der Waals surface area (Å²) in [5, 5.41) is 3.10.